The van der Waals surface area contributed by atoms with Crippen molar-refractivity contribution in [3.63, 3.8) is 0 Å². The molecule has 0 fully saturated rings. The van der Waals surface area contributed by atoms with Gasteiger partial charge in [-0.25, -0.2) is 0 Å². The predicted octanol–water partition coefficient (Wildman–Crippen LogP) is 1.37. The summed E-state index contributed by atoms with van der Waals surface area (Å²) < 4.78 is 0. The van der Waals surface area contributed by atoms with E-state index in [1.807, 2.05) is 0 Å². The Labute approximate surface area is 72.6 Å². The molecule has 0 amide bonds. The fourth-order valence-corrected chi connectivity index (χ4v) is 0. The molecule has 0 heterocycles. The van der Waals surface area contributed by atoms with Crippen LogP contribution in [0.15, 0.2) is 0 Å². The van der Waals surface area contributed by atoms with Crippen LogP contribution in [0.1, 0.15) is 13.8 Å². The molecule has 0 unspecified atom stereocenters. The molecule has 0 aromatic heterocycles. The molecule has 0 aliphatic rings. The first-order valence-corrected chi connectivity index (χ1v) is 9.62. The average Bonchev–Trinajstić information content (AvgIpc) is 1.70. The Hall–Kier alpha value is 1.19. The van der Waals surface area contributed by atoms with Crippen molar-refractivity contribution in [3.8, 4) is 0 Å². The van der Waals surface area contributed by atoms with Crippen LogP contribution in [0.5, 0.6) is 0 Å². The molecule has 0 bridgehead atoms. The summed E-state index contributed by atoms with van der Waals surface area (Å²) >= 11 is -0.806. The molecule has 2 N–H and O–H groups in total. The van der Waals surface area contributed by atoms with Gasteiger partial charge in [-0.3, -0.25) is 0 Å². The summed E-state index contributed by atoms with van der Waals surface area (Å²) in [6, 6.07) is 0. The van der Waals surface area contributed by atoms with Gasteiger partial charge < -0.3 is 10.2 Å². The summed E-state index contributed by atoms with van der Waals surface area (Å²) in [5.74, 6) is 0. The summed E-state index contributed by atoms with van der Waals surface area (Å²) in [5.41, 5.74) is 0. The summed E-state index contributed by atoms with van der Waals surface area (Å²) in [6.45, 7) is 3.86. The number of hydrogen-bond acceptors (Lipinski definition) is 2. The van der Waals surface area contributed by atoms with Crippen LogP contribution in [0.4, 0.5) is 0 Å². The molecule has 0 aromatic rings. The maximum atomic E-state index is 7.57. The SMILES string of the molecule is CCO.CCO.[Cl][W][Cl]. The van der Waals surface area contributed by atoms with Gasteiger partial charge in [0.1, 0.15) is 0 Å². The van der Waals surface area contributed by atoms with Crippen molar-refractivity contribution in [2.24, 2.45) is 0 Å². The second kappa shape index (κ2) is 35.1. The van der Waals surface area contributed by atoms with Crippen LogP contribution in [0.2, 0.25) is 0 Å². The van der Waals surface area contributed by atoms with Gasteiger partial charge in [0.25, 0.3) is 0 Å². The predicted molar refractivity (Wildman–Crippen MR) is 37.2 cm³/mol. The molecule has 0 rings (SSSR count). The third-order valence-electron chi connectivity index (χ3n) is 0. The second-order valence-electron chi connectivity index (χ2n) is 0.691. The van der Waals surface area contributed by atoms with Crippen molar-refractivity contribution in [2.45, 2.75) is 13.8 Å². The van der Waals surface area contributed by atoms with Crippen molar-refractivity contribution in [2.75, 3.05) is 13.2 Å². The van der Waals surface area contributed by atoms with Gasteiger partial charge in [-0.1, -0.05) is 0 Å². The van der Waals surface area contributed by atoms with Gasteiger partial charge in [-0.2, -0.15) is 0 Å². The first kappa shape index (κ1) is 16.6. The summed E-state index contributed by atoms with van der Waals surface area (Å²) in [4.78, 5) is 0. The van der Waals surface area contributed by atoms with Gasteiger partial charge in [0.2, 0.25) is 0 Å². The van der Waals surface area contributed by atoms with Crippen molar-refractivity contribution in [3.05, 3.63) is 0 Å². The van der Waals surface area contributed by atoms with E-state index in [-0.39, 0.29) is 13.2 Å². The molecular formula is C4H12Cl2O2W. The quantitative estimate of drug-likeness (QED) is 0.695. The molecule has 9 heavy (non-hydrogen) atoms. The first-order valence-electron chi connectivity index (χ1n) is 2.36. The van der Waals surface area contributed by atoms with E-state index in [1.54, 1.807) is 13.8 Å². The van der Waals surface area contributed by atoms with Gasteiger partial charge >= 0.3 is 35.3 Å². The van der Waals surface area contributed by atoms with Gasteiger partial charge in [0, 0.05) is 13.2 Å². The van der Waals surface area contributed by atoms with E-state index in [4.69, 9.17) is 29.0 Å². The van der Waals surface area contributed by atoms with Gasteiger partial charge in [0.05, 0.1) is 0 Å². The van der Waals surface area contributed by atoms with Crippen molar-refractivity contribution < 1.29 is 26.7 Å². The number of aliphatic hydroxyl groups excluding tert-OH is 2. The third-order valence-corrected chi connectivity index (χ3v) is 0. The third kappa shape index (κ3) is 336. The monoisotopic (exact) mass is 346 g/mol. The normalized spacial score (nSPS) is 6.00. The Morgan fingerprint density at radius 2 is 1.11 bits per heavy atom. The molecule has 0 atom stereocenters. The van der Waals surface area contributed by atoms with Gasteiger partial charge in [-0.05, 0) is 13.8 Å². The van der Waals surface area contributed by atoms with Crippen LogP contribution in [0.3, 0.4) is 0 Å². The minimum absolute atomic E-state index is 0.250. The number of hydrogen-bond donors (Lipinski definition) is 2. The Kier molecular flexibility index (Phi) is 65.0. The summed E-state index contributed by atoms with van der Waals surface area (Å²) in [7, 11) is 9.86. The molecule has 0 aromatic carbocycles. The van der Waals surface area contributed by atoms with E-state index in [0.717, 1.165) is 0 Å². The Morgan fingerprint density at radius 3 is 1.11 bits per heavy atom. The Bertz CT molecular complexity index is 21.3. The van der Waals surface area contributed by atoms with E-state index in [2.05, 4.69) is 0 Å². The Morgan fingerprint density at radius 1 is 1.11 bits per heavy atom. The van der Waals surface area contributed by atoms with E-state index < -0.39 is 16.5 Å². The topological polar surface area (TPSA) is 40.5 Å². The van der Waals surface area contributed by atoms with Gasteiger partial charge in [0.15, 0.2) is 0 Å². The number of halogens is 2. The van der Waals surface area contributed by atoms with Crippen LogP contribution in [0, 0.1) is 0 Å². The van der Waals surface area contributed by atoms with E-state index in [1.165, 1.54) is 0 Å². The molecule has 0 aliphatic heterocycles. The second-order valence-corrected chi connectivity index (χ2v) is 4.93. The zero-order valence-corrected chi connectivity index (χ0v) is 9.92. The maximum absolute atomic E-state index is 7.57. The average molecular weight is 347 g/mol. The molecule has 0 aliphatic carbocycles. The zero-order valence-electron chi connectivity index (χ0n) is 5.47. The van der Waals surface area contributed by atoms with Crippen molar-refractivity contribution in [1.29, 1.82) is 0 Å². The van der Waals surface area contributed by atoms with Crippen molar-refractivity contribution >= 4 is 18.8 Å². The fraction of sp³-hybridized carbons (Fsp3) is 1.00. The van der Waals surface area contributed by atoms with Crippen LogP contribution >= 0.6 is 18.8 Å². The minimum atomic E-state index is -0.806. The molecule has 5 heteroatoms. The molecular weight excluding hydrogens is 335 g/mol. The first-order chi connectivity index (χ1) is 4.24. The summed E-state index contributed by atoms with van der Waals surface area (Å²) in [6.07, 6.45) is 0. The molecule has 60 valence electrons. The van der Waals surface area contributed by atoms with Crippen LogP contribution in [-0.2, 0) is 16.5 Å². The van der Waals surface area contributed by atoms with E-state index >= 15 is 0 Å². The van der Waals surface area contributed by atoms with Crippen molar-refractivity contribution in [1.82, 2.24) is 0 Å². The summed E-state index contributed by atoms with van der Waals surface area (Å²) in [5, 5.41) is 15.1. The molecule has 0 radical (unpaired) electrons. The van der Waals surface area contributed by atoms with Gasteiger partial charge in [-0.15, -0.1) is 0 Å². The Balaban J connectivity index is -0.0000000600. The van der Waals surface area contributed by atoms with E-state index in [9.17, 15) is 0 Å². The number of rotatable bonds is 0. The van der Waals surface area contributed by atoms with Crippen LogP contribution in [0.25, 0.3) is 0 Å². The van der Waals surface area contributed by atoms with Crippen LogP contribution < -0.4 is 0 Å². The molecule has 2 nitrogen and oxygen atoms in total. The fourth-order valence-electron chi connectivity index (χ4n) is 0. The van der Waals surface area contributed by atoms with Crippen LogP contribution in [-0.4, -0.2) is 23.4 Å². The number of aliphatic hydroxyl groups is 2. The zero-order chi connectivity index (χ0) is 8.12. The van der Waals surface area contributed by atoms with E-state index in [0.29, 0.717) is 0 Å². The standard InChI is InChI=1S/2C2H6O.2ClH.W/c2*1-2-3;;;/h2*3H,2H2,1H3;2*1H;/q;;;;+2/p-2. The molecule has 0 saturated carbocycles. The molecule has 0 spiro atoms. The molecule has 0 saturated heterocycles.